The van der Waals surface area contributed by atoms with Crippen LogP contribution in [-0.4, -0.2) is 6.04 Å². The van der Waals surface area contributed by atoms with Crippen LogP contribution in [0.5, 0.6) is 0 Å². The third-order valence-corrected chi connectivity index (χ3v) is 2.93. The largest absolute Gasteiger partial charge is 0.151 e. The summed E-state index contributed by atoms with van der Waals surface area (Å²) in [4.78, 5) is 10.6. The van der Waals surface area contributed by atoms with Gasteiger partial charge in [-0.15, -0.1) is 0 Å². The summed E-state index contributed by atoms with van der Waals surface area (Å²) in [5.74, 6) is 0. The first-order chi connectivity index (χ1) is 7.35. The van der Waals surface area contributed by atoms with Crippen molar-refractivity contribution in [3.05, 3.63) is 4.91 Å². The second kappa shape index (κ2) is 11.7. The molecule has 2 nitrogen and oxygen atoms in total. The smallest absolute Gasteiger partial charge is 0.0919 e. The minimum atomic E-state index is 0.0955. The van der Waals surface area contributed by atoms with Crippen molar-refractivity contribution < 1.29 is 0 Å². The van der Waals surface area contributed by atoms with E-state index in [0.29, 0.717) is 0 Å². The molecular formula is C13H27NO. The molecule has 0 saturated heterocycles. The summed E-state index contributed by atoms with van der Waals surface area (Å²) < 4.78 is 0. The molecule has 0 aliphatic rings. The normalized spacial score (nSPS) is 12.7. The molecule has 0 N–H and O–H groups in total. The molecule has 0 aliphatic carbocycles. The van der Waals surface area contributed by atoms with Crippen molar-refractivity contribution in [2.75, 3.05) is 0 Å². The van der Waals surface area contributed by atoms with Crippen molar-refractivity contribution in [1.29, 1.82) is 0 Å². The summed E-state index contributed by atoms with van der Waals surface area (Å²) in [5.41, 5.74) is 0. The van der Waals surface area contributed by atoms with Gasteiger partial charge in [0.25, 0.3) is 0 Å². The monoisotopic (exact) mass is 213 g/mol. The number of hydrogen-bond donors (Lipinski definition) is 0. The third kappa shape index (κ3) is 9.89. The maximum atomic E-state index is 10.6. The van der Waals surface area contributed by atoms with Gasteiger partial charge in [-0.25, -0.2) is 0 Å². The standard InChI is InChI=1S/C13H27NO/c1-3-5-7-8-10-12-13(14-15)11-9-6-4-2/h13H,3-12H2,1-2H3. The van der Waals surface area contributed by atoms with Gasteiger partial charge in [-0.1, -0.05) is 70.4 Å². The molecule has 0 aliphatic heterocycles. The number of unbranched alkanes of at least 4 members (excludes halogenated alkanes) is 6. The van der Waals surface area contributed by atoms with Gasteiger partial charge in [0.05, 0.1) is 6.04 Å². The molecule has 0 rings (SSSR count). The van der Waals surface area contributed by atoms with Crippen LogP contribution in [-0.2, 0) is 0 Å². The fourth-order valence-electron chi connectivity index (χ4n) is 1.86. The molecule has 0 bridgehead atoms. The van der Waals surface area contributed by atoms with Crippen LogP contribution in [0.2, 0.25) is 0 Å². The first kappa shape index (κ1) is 14.6. The maximum Gasteiger partial charge on any atom is 0.0919 e. The molecule has 0 saturated carbocycles. The Kier molecular flexibility index (Phi) is 11.4. The molecule has 1 unspecified atom stereocenters. The van der Waals surface area contributed by atoms with Crippen LogP contribution in [0.3, 0.4) is 0 Å². The predicted molar refractivity (Wildman–Crippen MR) is 67.1 cm³/mol. The highest BCUT2D eigenvalue weighted by Crippen LogP contribution is 2.14. The molecule has 90 valence electrons. The lowest BCUT2D eigenvalue weighted by Gasteiger charge is -2.07. The van der Waals surface area contributed by atoms with Gasteiger partial charge in [0.2, 0.25) is 0 Å². The van der Waals surface area contributed by atoms with Gasteiger partial charge in [0, 0.05) is 0 Å². The van der Waals surface area contributed by atoms with E-state index in [1.165, 1.54) is 51.4 Å². The minimum Gasteiger partial charge on any atom is -0.151 e. The van der Waals surface area contributed by atoms with E-state index in [1.54, 1.807) is 0 Å². The van der Waals surface area contributed by atoms with Crippen molar-refractivity contribution in [3.63, 3.8) is 0 Å². The lowest BCUT2D eigenvalue weighted by Crippen LogP contribution is -2.03. The fourth-order valence-corrected chi connectivity index (χ4v) is 1.86. The average molecular weight is 213 g/mol. The summed E-state index contributed by atoms with van der Waals surface area (Å²) in [7, 11) is 0. The Balaban J connectivity index is 3.32. The lowest BCUT2D eigenvalue weighted by atomic mass is 10.0. The van der Waals surface area contributed by atoms with Crippen molar-refractivity contribution in [2.45, 2.75) is 84.1 Å². The third-order valence-electron chi connectivity index (χ3n) is 2.93. The summed E-state index contributed by atoms with van der Waals surface area (Å²) in [5, 5.41) is 3.23. The SMILES string of the molecule is CCCCCCCC(CCCCC)N=O. The molecule has 0 heterocycles. The molecule has 0 aromatic carbocycles. The quantitative estimate of drug-likeness (QED) is 0.348. The summed E-state index contributed by atoms with van der Waals surface area (Å²) in [6, 6.07) is 0.0955. The Hall–Kier alpha value is -0.400. The van der Waals surface area contributed by atoms with Crippen LogP contribution in [0.15, 0.2) is 5.18 Å². The summed E-state index contributed by atoms with van der Waals surface area (Å²) in [6.07, 6.45) is 12.0. The zero-order valence-electron chi connectivity index (χ0n) is 10.5. The topological polar surface area (TPSA) is 29.4 Å². The van der Waals surface area contributed by atoms with Gasteiger partial charge < -0.3 is 0 Å². The van der Waals surface area contributed by atoms with Crippen LogP contribution in [0.4, 0.5) is 0 Å². The number of hydrogen-bond acceptors (Lipinski definition) is 2. The Bertz CT molecular complexity index is 136. The van der Waals surface area contributed by atoms with E-state index in [2.05, 4.69) is 19.0 Å². The molecular weight excluding hydrogens is 186 g/mol. The molecule has 0 radical (unpaired) electrons. The van der Waals surface area contributed by atoms with E-state index in [1.807, 2.05) is 0 Å². The highest BCUT2D eigenvalue weighted by Gasteiger charge is 2.07. The van der Waals surface area contributed by atoms with E-state index in [9.17, 15) is 4.91 Å². The van der Waals surface area contributed by atoms with Gasteiger partial charge >= 0.3 is 0 Å². The van der Waals surface area contributed by atoms with Gasteiger partial charge in [-0.2, -0.15) is 4.91 Å². The zero-order chi connectivity index (χ0) is 11.4. The van der Waals surface area contributed by atoms with E-state index in [4.69, 9.17) is 0 Å². The van der Waals surface area contributed by atoms with E-state index >= 15 is 0 Å². The van der Waals surface area contributed by atoms with Crippen LogP contribution >= 0.6 is 0 Å². The van der Waals surface area contributed by atoms with Crippen molar-refractivity contribution in [3.8, 4) is 0 Å². The molecule has 0 aromatic rings. The van der Waals surface area contributed by atoms with E-state index in [-0.39, 0.29) is 6.04 Å². The molecule has 1 atom stereocenters. The number of rotatable bonds is 11. The van der Waals surface area contributed by atoms with Gasteiger partial charge in [0.1, 0.15) is 0 Å². The van der Waals surface area contributed by atoms with Gasteiger partial charge in [0.15, 0.2) is 0 Å². The second-order valence-corrected chi connectivity index (χ2v) is 4.46. The lowest BCUT2D eigenvalue weighted by molar-refractivity contribution is 0.494. The molecule has 2 heteroatoms. The number of nitrogens with zero attached hydrogens (tertiary/aromatic N) is 1. The Morgan fingerprint density at radius 1 is 0.800 bits per heavy atom. The highest BCUT2D eigenvalue weighted by atomic mass is 16.3. The van der Waals surface area contributed by atoms with E-state index in [0.717, 1.165) is 12.8 Å². The predicted octanol–water partition coefficient (Wildman–Crippen LogP) is 5.06. The minimum absolute atomic E-state index is 0.0955. The molecule has 0 spiro atoms. The van der Waals surface area contributed by atoms with Gasteiger partial charge in [-0.3, -0.25) is 0 Å². The second-order valence-electron chi connectivity index (χ2n) is 4.46. The summed E-state index contributed by atoms with van der Waals surface area (Å²) in [6.45, 7) is 4.41. The Morgan fingerprint density at radius 3 is 1.80 bits per heavy atom. The molecule has 0 amide bonds. The maximum absolute atomic E-state index is 10.6. The summed E-state index contributed by atoms with van der Waals surface area (Å²) >= 11 is 0. The number of nitroso groups, excluding NO2 is 1. The first-order valence-electron chi connectivity index (χ1n) is 6.67. The van der Waals surface area contributed by atoms with Crippen LogP contribution in [0, 0.1) is 4.91 Å². The van der Waals surface area contributed by atoms with Gasteiger partial charge in [-0.05, 0) is 12.8 Å². The molecule has 15 heavy (non-hydrogen) atoms. The van der Waals surface area contributed by atoms with E-state index < -0.39 is 0 Å². The molecule has 0 fully saturated rings. The van der Waals surface area contributed by atoms with Crippen molar-refractivity contribution >= 4 is 0 Å². The fraction of sp³-hybridized carbons (Fsp3) is 1.00. The van der Waals surface area contributed by atoms with Crippen molar-refractivity contribution in [2.24, 2.45) is 5.18 Å². The Labute approximate surface area is 94.8 Å². The Morgan fingerprint density at radius 2 is 1.27 bits per heavy atom. The van der Waals surface area contributed by atoms with Crippen molar-refractivity contribution in [1.82, 2.24) is 0 Å². The molecule has 0 aromatic heterocycles. The highest BCUT2D eigenvalue weighted by molar-refractivity contribution is 4.65. The van der Waals surface area contributed by atoms with Crippen LogP contribution < -0.4 is 0 Å². The zero-order valence-corrected chi connectivity index (χ0v) is 10.5. The van der Waals surface area contributed by atoms with Crippen LogP contribution in [0.25, 0.3) is 0 Å². The average Bonchev–Trinajstić information content (AvgIpc) is 2.26. The van der Waals surface area contributed by atoms with Crippen LogP contribution in [0.1, 0.15) is 78.1 Å². The first-order valence-corrected chi connectivity index (χ1v) is 6.67.